The zero-order valence-electron chi connectivity index (χ0n) is 13.0. The summed E-state index contributed by atoms with van der Waals surface area (Å²) in [4.78, 5) is 15.4. The van der Waals surface area contributed by atoms with Crippen LogP contribution in [0.4, 0.5) is 0 Å². The topological polar surface area (TPSA) is 48.0 Å². The Labute approximate surface area is 133 Å². The van der Waals surface area contributed by atoms with Gasteiger partial charge in [-0.05, 0) is 18.6 Å². The maximum absolute atomic E-state index is 12.7. The number of methoxy groups -OCH3 is 2. The van der Waals surface area contributed by atoms with Crippen LogP contribution in [0.25, 0.3) is 10.1 Å². The molecule has 0 aliphatic carbocycles. The minimum atomic E-state index is 0.0833. The van der Waals surface area contributed by atoms with Crippen LogP contribution in [0.1, 0.15) is 15.2 Å². The molecule has 1 aliphatic heterocycles. The van der Waals surface area contributed by atoms with E-state index in [4.69, 9.17) is 14.2 Å². The Bertz CT molecular complexity index is 704. The van der Waals surface area contributed by atoms with Gasteiger partial charge in [0.1, 0.15) is 0 Å². The lowest BCUT2D eigenvalue weighted by molar-refractivity contribution is 0.0306. The monoisotopic (exact) mass is 321 g/mol. The van der Waals surface area contributed by atoms with Gasteiger partial charge in [0.25, 0.3) is 5.91 Å². The highest BCUT2D eigenvalue weighted by Crippen LogP contribution is 2.39. The Morgan fingerprint density at radius 2 is 1.82 bits per heavy atom. The van der Waals surface area contributed by atoms with Crippen molar-refractivity contribution in [1.29, 1.82) is 0 Å². The highest BCUT2D eigenvalue weighted by molar-refractivity contribution is 7.21. The average molecular weight is 321 g/mol. The number of aryl methyl sites for hydroxylation is 1. The molecule has 0 atom stereocenters. The molecule has 22 heavy (non-hydrogen) atoms. The number of amides is 1. The smallest absolute Gasteiger partial charge is 0.264 e. The third kappa shape index (κ3) is 2.53. The van der Waals surface area contributed by atoms with Gasteiger partial charge in [-0.1, -0.05) is 0 Å². The number of carbonyl (C=O) groups is 1. The zero-order chi connectivity index (χ0) is 15.7. The number of hydrogen-bond acceptors (Lipinski definition) is 5. The van der Waals surface area contributed by atoms with Gasteiger partial charge < -0.3 is 19.1 Å². The molecule has 0 N–H and O–H groups in total. The van der Waals surface area contributed by atoms with Gasteiger partial charge >= 0.3 is 0 Å². The van der Waals surface area contributed by atoms with Crippen LogP contribution in [0.2, 0.25) is 0 Å². The van der Waals surface area contributed by atoms with E-state index in [9.17, 15) is 4.79 Å². The van der Waals surface area contributed by atoms with Crippen molar-refractivity contribution in [2.24, 2.45) is 0 Å². The maximum Gasteiger partial charge on any atom is 0.264 e. The van der Waals surface area contributed by atoms with Gasteiger partial charge in [0.2, 0.25) is 0 Å². The minimum absolute atomic E-state index is 0.0833. The molecule has 1 aliphatic rings. The number of fused-ring (bicyclic) bond motifs is 1. The Morgan fingerprint density at radius 1 is 1.18 bits per heavy atom. The maximum atomic E-state index is 12.7. The number of thiophene rings is 1. The molecule has 0 unspecified atom stereocenters. The third-order valence-corrected chi connectivity index (χ3v) is 5.18. The number of hydrogen-bond donors (Lipinski definition) is 0. The normalized spacial score (nSPS) is 15.1. The summed E-state index contributed by atoms with van der Waals surface area (Å²) >= 11 is 1.51. The lowest BCUT2D eigenvalue weighted by Crippen LogP contribution is -2.40. The van der Waals surface area contributed by atoms with Crippen LogP contribution in [0.15, 0.2) is 12.1 Å². The van der Waals surface area contributed by atoms with E-state index in [0.717, 1.165) is 20.5 Å². The van der Waals surface area contributed by atoms with Crippen molar-refractivity contribution >= 4 is 27.3 Å². The number of rotatable bonds is 3. The lowest BCUT2D eigenvalue weighted by Gasteiger charge is -2.26. The van der Waals surface area contributed by atoms with E-state index in [2.05, 4.69) is 0 Å². The van der Waals surface area contributed by atoms with E-state index in [1.807, 2.05) is 24.0 Å². The molecule has 1 aromatic heterocycles. The van der Waals surface area contributed by atoms with Gasteiger partial charge in [-0.25, -0.2) is 0 Å². The first-order chi connectivity index (χ1) is 10.7. The van der Waals surface area contributed by atoms with E-state index >= 15 is 0 Å². The summed E-state index contributed by atoms with van der Waals surface area (Å²) in [7, 11) is 3.23. The molecule has 0 saturated carbocycles. The fourth-order valence-electron chi connectivity index (χ4n) is 2.66. The summed E-state index contributed by atoms with van der Waals surface area (Å²) < 4.78 is 17.0. The summed E-state index contributed by atoms with van der Waals surface area (Å²) in [6, 6.07) is 3.87. The first kappa shape index (κ1) is 15.1. The van der Waals surface area contributed by atoms with Gasteiger partial charge in [-0.3, -0.25) is 4.79 Å². The molecule has 2 aromatic rings. The molecular formula is C16H19NO4S. The fraction of sp³-hybridized carbons (Fsp3) is 0.438. The first-order valence-electron chi connectivity index (χ1n) is 7.18. The van der Waals surface area contributed by atoms with Crippen molar-refractivity contribution in [1.82, 2.24) is 4.90 Å². The number of ether oxygens (including phenoxy) is 3. The molecule has 2 heterocycles. The molecule has 5 nitrogen and oxygen atoms in total. The number of nitrogens with zero attached hydrogens (tertiary/aromatic N) is 1. The molecule has 0 spiro atoms. The highest BCUT2D eigenvalue weighted by Gasteiger charge is 2.23. The molecule has 0 bridgehead atoms. The zero-order valence-corrected chi connectivity index (χ0v) is 13.8. The van der Waals surface area contributed by atoms with Crippen molar-refractivity contribution in [2.45, 2.75) is 6.92 Å². The molecule has 1 fully saturated rings. The Kier molecular flexibility index (Phi) is 4.22. The molecule has 0 radical (unpaired) electrons. The Hall–Kier alpha value is -1.79. The summed E-state index contributed by atoms with van der Waals surface area (Å²) in [5.74, 6) is 1.45. The van der Waals surface area contributed by atoms with E-state index in [-0.39, 0.29) is 5.91 Å². The van der Waals surface area contributed by atoms with Crippen LogP contribution in [0.5, 0.6) is 11.5 Å². The third-order valence-electron chi connectivity index (χ3n) is 3.93. The largest absolute Gasteiger partial charge is 0.493 e. The predicted molar refractivity (Wildman–Crippen MR) is 86.4 cm³/mol. The van der Waals surface area contributed by atoms with Crippen molar-refractivity contribution in [3.63, 3.8) is 0 Å². The van der Waals surface area contributed by atoms with Crippen LogP contribution in [-0.4, -0.2) is 51.3 Å². The fourth-order valence-corrected chi connectivity index (χ4v) is 3.85. The van der Waals surface area contributed by atoms with Crippen molar-refractivity contribution in [3.05, 3.63) is 22.6 Å². The van der Waals surface area contributed by atoms with Crippen LogP contribution in [0.3, 0.4) is 0 Å². The molecule has 6 heteroatoms. The summed E-state index contributed by atoms with van der Waals surface area (Å²) in [5, 5.41) is 1.04. The van der Waals surface area contributed by atoms with Crippen molar-refractivity contribution in [2.75, 3.05) is 40.5 Å². The molecule has 3 rings (SSSR count). The lowest BCUT2D eigenvalue weighted by atomic mass is 10.1. The van der Waals surface area contributed by atoms with Crippen molar-refractivity contribution < 1.29 is 19.0 Å². The second kappa shape index (κ2) is 6.14. The predicted octanol–water partition coefficient (Wildman–Crippen LogP) is 2.70. The molecular weight excluding hydrogens is 302 g/mol. The Morgan fingerprint density at radius 3 is 2.45 bits per heavy atom. The molecule has 1 saturated heterocycles. The summed E-state index contributed by atoms with van der Waals surface area (Å²) in [5.41, 5.74) is 0.998. The SMILES string of the molecule is COc1cc2sc(C(=O)N3CCOCC3)c(C)c2cc1OC. The Balaban J connectivity index is 2.03. The van der Waals surface area contributed by atoms with Crippen LogP contribution in [-0.2, 0) is 4.74 Å². The minimum Gasteiger partial charge on any atom is -0.493 e. The van der Waals surface area contributed by atoms with E-state index in [0.29, 0.717) is 37.8 Å². The second-order valence-corrected chi connectivity index (χ2v) is 6.22. The van der Waals surface area contributed by atoms with Gasteiger partial charge in [0, 0.05) is 29.2 Å². The molecule has 118 valence electrons. The van der Waals surface area contributed by atoms with Gasteiger partial charge in [-0.2, -0.15) is 0 Å². The van der Waals surface area contributed by atoms with Crippen LogP contribution < -0.4 is 9.47 Å². The van der Waals surface area contributed by atoms with Gasteiger partial charge in [0.05, 0.1) is 32.3 Å². The van der Waals surface area contributed by atoms with E-state index < -0.39 is 0 Å². The van der Waals surface area contributed by atoms with Crippen molar-refractivity contribution in [3.8, 4) is 11.5 Å². The number of carbonyl (C=O) groups excluding carboxylic acids is 1. The summed E-state index contributed by atoms with van der Waals surface area (Å²) in [6.07, 6.45) is 0. The second-order valence-electron chi connectivity index (χ2n) is 5.16. The average Bonchev–Trinajstić information content (AvgIpc) is 2.89. The molecule has 1 aromatic carbocycles. The summed E-state index contributed by atoms with van der Waals surface area (Å²) in [6.45, 7) is 4.51. The highest BCUT2D eigenvalue weighted by atomic mass is 32.1. The van der Waals surface area contributed by atoms with E-state index in [1.54, 1.807) is 14.2 Å². The molecule has 1 amide bonds. The van der Waals surface area contributed by atoms with Gasteiger partial charge in [0.15, 0.2) is 11.5 Å². The van der Waals surface area contributed by atoms with Gasteiger partial charge in [-0.15, -0.1) is 11.3 Å². The van der Waals surface area contributed by atoms with E-state index in [1.165, 1.54) is 11.3 Å². The standard InChI is InChI=1S/C16H19NO4S/c1-10-11-8-12(19-2)13(20-3)9-14(11)22-15(10)16(18)17-4-6-21-7-5-17/h8-9H,4-7H2,1-3H3. The first-order valence-corrected chi connectivity index (χ1v) is 7.99. The number of morpholine rings is 1. The quantitative estimate of drug-likeness (QED) is 0.872. The number of benzene rings is 1. The van der Waals surface area contributed by atoms with Crippen LogP contribution >= 0.6 is 11.3 Å². The van der Waals surface area contributed by atoms with Crippen LogP contribution in [0, 0.1) is 6.92 Å².